The fraction of sp³-hybridized carbons (Fsp3) is 0.267. The van der Waals surface area contributed by atoms with Gasteiger partial charge in [-0.05, 0) is 36.8 Å². The van der Waals surface area contributed by atoms with Crippen LogP contribution in [0.4, 0.5) is 10.2 Å². The van der Waals surface area contributed by atoms with Gasteiger partial charge in [0.2, 0.25) is 0 Å². The molecule has 1 aromatic heterocycles. The minimum atomic E-state index is -0.381. The number of aromatic nitrogens is 1. The lowest BCUT2D eigenvalue weighted by molar-refractivity contribution is 0.386. The largest absolute Gasteiger partial charge is 0.494 e. The van der Waals surface area contributed by atoms with E-state index in [9.17, 15) is 4.39 Å². The minimum absolute atomic E-state index is 0.240. The monoisotopic (exact) mass is 260 g/mol. The van der Waals surface area contributed by atoms with Crippen molar-refractivity contribution in [3.05, 3.63) is 42.2 Å². The van der Waals surface area contributed by atoms with E-state index in [0.29, 0.717) is 0 Å². The van der Waals surface area contributed by atoms with Gasteiger partial charge in [0.05, 0.1) is 12.8 Å². The van der Waals surface area contributed by atoms with Crippen LogP contribution < -0.4 is 10.1 Å². The number of hydrogen-bond acceptors (Lipinski definition) is 3. The summed E-state index contributed by atoms with van der Waals surface area (Å²) in [7, 11) is 1.45. The van der Waals surface area contributed by atoms with Crippen LogP contribution in [0.25, 0.3) is 11.3 Å². The van der Waals surface area contributed by atoms with E-state index in [4.69, 9.17) is 4.74 Å². The summed E-state index contributed by atoms with van der Waals surface area (Å²) in [5, 5.41) is 3.21. The SMILES string of the molecule is CCCNc1cccc(-c2ccc(OC)c(F)c2)n1. The van der Waals surface area contributed by atoms with Crippen LogP contribution in [-0.2, 0) is 0 Å². The van der Waals surface area contributed by atoms with Gasteiger partial charge in [0.1, 0.15) is 5.82 Å². The maximum atomic E-state index is 13.7. The number of anilines is 1. The van der Waals surface area contributed by atoms with Crippen molar-refractivity contribution in [1.29, 1.82) is 0 Å². The Hall–Kier alpha value is -2.10. The Kier molecular flexibility index (Phi) is 4.34. The first-order valence-corrected chi connectivity index (χ1v) is 6.29. The number of nitrogens with zero attached hydrogens (tertiary/aromatic N) is 1. The number of pyridine rings is 1. The molecule has 100 valence electrons. The molecule has 0 aliphatic heterocycles. The molecule has 0 saturated heterocycles. The van der Waals surface area contributed by atoms with Crippen molar-refractivity contribution in [1.82, 2.24) is 4.98 Å². The summed E-state index contributed by atoms with van der Waals surface area (Å²) in [5.41, 5.74) is 1.47. The first-order valence-electron chi connectivity index (χ1n) is 6.29. The van der Waals surface area contributed by atoms with Crippen molar-refractivity contribution < 1.29 is 9.13 Å². The van der Waals surface area contributed by atoms with Crippen molar-refractivity contribution in [3.8, 4) is 17.0 Å². The van der Waals surface area contributed by atoms with Crippen LogP contribution in [0.2, 0.25) is 0 Å². The second-order valence-corrected chi connectivity index (χ2v) is 4.18. The second-order valence-electron chi connectivity index (χ2n) is 4.18. The quantitative estimate of drug-likeness (QED) is 0.889. The zero-order chi connectivity index (χ0) is 13.7. The molecule has 0 spiro atoms. The smallest absolute Gasteiger partial charge is 0.165 e. The van der Waals surface area contributed by atoms with Crippen LogP contribution in [0.3, 0.4) is 0 Å². The van der Waals surface area contributed by atoms with E-state index < -0.39 is 0 Å². The second kappa shape index (κ2) is 6.18. The molecule has 3 nitrogen and oxygen atoms in total. The molecule has 0 bridgehead atoms. The molecule has 2 aromatic rings. The van der Waals surface area contributed by atoms with Gasteiger partial charge in [-0.3, -0.25) is 0 Å². The number of hydrogen-bond donors (Lipinski definition) is 1. The molecule has 0 unspecified atom stereocenters. The van der Waals surface area contributed by atoms with Gasteiger partial charge in [0.15, 0.2) is 11.6 Å². The highest BCUT2D eigenvalue weighted by atomic mass is 19.1. The number of halogens is 1. The van der Waals surface area contributed by atoms with E-state index in [-0.39, 0.29) is 11.6 Å². The molecule has 1 heterocycles. The highest BCUT2D eigenvalue weighted by Crippen LogP contribution is 2.24. The summed E-state index contributed by atoms with van der Waals surface area (Å²) in [4.78, 5) is 4.46. The molecule has 2 rings (SSSR count). The molecule has 0 aliphatic rings. The van der Waals surface area contributed by atoms with E-state index in [0.717, 1.165) is 30.0 Å². The molecule has 1 N–H and O–H groups in total. The Balaban J connectivity index is 2.28. The summed E-state index contributed by atoms with van der Waals surface area (Å²) in [6, 6.07) is 10.5. The van der Waals surface area contributed by atoms with Gasteiger partial charge >= 0.3 is 0 Å². The Morgan fingerprint density at radius 1 is 1.26 bits per heavy atom. The number of ether oxygens (including phenoxy) is 1. The van der Waals surface area contributed by atoms with Crippen LogP contribution in [0.1, 0.15) is 13.3 Å². The first kappa shape index (κ1) is 13.3. The van der Waals surface area contributed by atoms with Gasteiger partial charge in [-0.25, -0.2) is 9.37 Å². The molecular weight excluding hydrogens is 243 g/mol. The lowest BCUT2D eigenvalue weighted by Crippen LogP contribution is -2.02. The van der Waals surface area contributed by atoms with Gasteiger partial charge in [0, 0.05) is 12.1 Å². The van der Waals surface area contributed by atoms with Crippen LogP contribution in [0.15, 0.2) is 36.4 Å². The maximum Gasteiger partial charge on any atom is 0.165 e. The van der Waals surface area contributed by atoms with Crippen molar-refractivity contribution in [2.24, 2.45) is 0 Å². The summed E-state index contributed by atoms with van der Waals surface area (Å²) >= 11 is 0. The number of nitrogens with one attached hydrogen (secondary N) is 1. The Morgan fingerprint density at radius 2 is 2.11 bits per heavy atom. The highest BCUT2D eigenvalue weighted by molar-refractivity contribution is 5.62. The molecule has 0 radical (unpaired) electrons. The van der Waals surface area contributed by atoms with Crippen LogP contribution in [0, 0.1) is 5.82 Å². The molecule has 0 aliphatic carbocycles. The first-order chi connectivity index (χ1) is 9.24. The molecule has 0 atom stereocenters. The molecule has 0 amide bonds. The Labute approximate surface area is 112 Å². The van der Waals surface area contributed by atoms with E-state index in [2.05, 4.69) is 17.2 Å². The molecule has 19 heavy (non-hydrogen) atoms. The zero-order valence-electron chi connectivity index (χ0n) is 11.1. The summed E-state index contributed by atoms with van der Waals surface area (Å²) < 4.78 is 18.6. The minimum Gasteiger partial charge on any atom is -0.494 e. The highest BCUT2D eigenvalue weighted by Gasteiger charge is 2.06. The van der Waals surface area contributed by atoms with Gasteiger partial charge in [-0.2, -0.15) is 0 Å². The fourth-order valence-corrected chi connectivity index (χ4v) is 1.77. The van der Waals surface area contributed by atoms with Crippen molar-refractivity contribution >= 4 is 5.82 Å². The molecule has 1 aromatic carbocycles. The van der Waals surface area contributed by atoms with Crippen molar-refractivity contribution in [2.75, 3.05) is 19.0 Å². The van der Waals surface area contributed by atoms with E-state index in [1.54, 1.807) is 12.1 Å². The standard InChI is InChI=1S/C15H17FN2O/c1-3-9-17-15-6-4-5-13(18-15)11-7-8-14(19-2)12(16)10-11/h4-8,10H,3,9H2,1-2H3,(H,17,18). The Morgan fingerprint density at radius 3 is 2.79 bits per heavy atom. The van der Waals surface area contributed by atoms with E-state index >= 15 is 0 Å². The van der Waals surface area contributed by atoms with Crippen LogP contribution >= 0.6 is 0 Å². The van der Waals surface area contributed by atoms with Gasteiger partial charge in [-0.1, -0.05) is 13.0 Å². The van der Waals surface area contributed by atoms with Gasteiger partial charge in [-0.15, -0.1) is 0 Å². The summed E-state index contributed by atoms with van der Waals surface area (Å²) in [5.74, 6) is 0.660. The average molecular weight is 260 g/mol. The van der Waals surface area contributed by atoms with E-state index in [1.165, 1.54) is 13.2 Å². The van der Waals surface area contributed by atoms with Crippen molar-refractivity contribution in [2.45, 2.75) is 13.3 Å². The van der Waals surface area contributed by atoms with Crippen molar-refractivity contribution in [3.63, 3.8) is 0 Å². The lowest BCUT2D eigenvalue weighted by atomic mass is 10.1. The third-order valence-electron chi connectivity index (χ3n) is 2.75. The third kappa shape index (κ3) is 3.22. The zero-order valence-corrected chi connectivity index (χ0v) is 11.1. The van der Waals surface area contributed by atoms with Gasteiger partial charge in [0.25, 0.3) is 0 Å². The molecular formula is C15H17FN2O. The predicted octanol–water partition coefficient (Wildman–Crippen LogP) is 3.72. The van der Waals surface area contributed by atoms with Crippen LogP contribution in [-0.4, -0.2) is 18.6 Å². The normalized spacial score (nSPS) is 10.3. The molecule has 0 fully saturated rings. The average Bonchev–Trinajstić information content (AvgIpc) is 2.45. The fourth-order valence-electron chi connectivity index (χ4n) is 1.77. The maximum absolute atomic E-state index is 13.7. The van der Waals surface area contributed by atoms with Crippen LogP contribution in [0.5, 0.6) is 5.75 Å². The summed E-state index contributed by atoms with van der Waals surface area (Å²) in [6.45, 7) is 2.96. The number of rotatable bonds is 5. The predicted molar refractivity (Wildman–Crippen MR) is 75.0 cm³/mol. The summed E-state index contributed by atoms with van der Waals surface area (Å²) in [6.07, 6.45) is 1.03. The number of methoxy groups -OCH3 is 1. The third-order valence-corrected chi connectivity index (χ3v) is 2.75. The Bertz CT molecular complexity index is 558. The topological polar surface area (TPSA) is 34.1 Å². The molecule has 4 heteroatoms. The molecule has 0 saturated carbocycles. The van der Waals surface area contributed by atoms with Gasteiger partial charge < -0.3 is 10.1 Å². The number of benzene rings is 1. The van der Waals surface area contributed by atoms with E-state index in [1.807, 2.05) is 18.2 Å². The lowest BCUT2D eigenvalue weighted by Gasteiger charge is -2.08.